The van der Waals surface area contributed by atoms with Gasteiger partial charge in [-0.25, -0.2) is 0 Å². The van der Waals surface area contributed by atoms with E-state index in [1.54, 1.807) is 0 Å². The van der Waals surface area contributed by atoms with Gasteiger partial charge in [0.05, 0.1) is 6.61 Å². The molecule has 0 saturated heterocycles. The van der Waals surface area contributed by atoms with Crippen molar-refractivity contribution in [1.29, 1.82) is 0 Å². The number of benzene rings is 1. The molecule has 84 valence electrons. The second-order valence-electron chi connectivity index (χ2n) is 3.76. The molecule has 0 amide bonds. The zero-order valence-corrected chi connectivity index (χ0v) is 10.1. The highest BCUT2D eigenvalue weighted by atomic mass is 35.5. The van der Waals surface area contributed by atoms with Gasteiger partial charge < -0.3 is 10.1 Å². The van der Waals surface area contributed by atoms with Crippen LogP contribution in [0.15, 0.2) is 24.3 Å². The first-order valence-corrected chi connectivity index (χ1v) is 5.68. The molecule has 0 aliphatic rings. The molecule has 0 radical (unpaired) electrons. The van der Waals surface area contributed by atoms with Crippen molar-refractivity contribution in [3.05, 3.63) is 29.3 Å². The molecule has 0 heterocycles. The van der Waals surface area contributed by atoms with Crippen LogP contribution >= 0.6 is 11.6 Å². The van der Waals surface area contributed by atoms with E-state index in [1.807, 2.05) is 24.3 Å². The van der Waals surface area contributed by atoms with Crippen molar-refractivity contribution in [3.8, 4) is 5.75 Å². The standard InChI is InChI=1S/C12H18ClNO/c1-10(2)14-8-3-9-15-12-6-4-11(13)5-7-12/h4-7,10,14H,3,8-9H2,1-2H3. The van der Waals surface area contributed by atoms with Crippen molar-refractivity contribution in [2.75, 3.05) is 13.2 Å². The Morgan fingerprint density at radius 3 is 2.53 bits per heavy atom. The summed E-state index contributed by atoms with van der Waals surface area (Å²) in [6.07, 6.45) is 1.01. The van der Waals surface area contributed by atoms with E-state index < -0.39 is 0 Å². The van der Waals surface area contributed by atoms with E-state index in [0.717, 1.165) is 30.3 Å². The third-order valence-electron chi connectivity index (χ3n) is 1.96. The fourth-order valence-electron chi connectivity index (χ4n) is 1.18. The van der Waals surface area contributed by atoms with Gasteiger partial charge in [-0.05, 0) is 37.2 Å². The van der Waals surface area contributed by atoms with Crippen molar-refractivity contribution < 1.29 is 4.74 Å². The Morgan fingerprint density at radius 1 is 1.27 bits per heavy atom. The van der Waals surface area contributed by atoms with E-state index in [4.69, 9.17) is 16.3 Å². The summed E-state index contributed by atoms with van der Waals surface area (Å²) in [4.78, 5) is 0. The largest absolute Gasteiger partial charge is 0.494 e. The van der Waals surface area contributed by atoms with Gasteiger partial charge in [0.1, 0.15) is 5.75 Å². The minimum Gasteiger partial charge on any atom is -0.494 e. The van der Waals surface area contributed by atoms with Gasteiger partial charge in [0.2, 0.25) is 0 Å². The third kappa shape index (κ3) is 5.65. The first-order valence-electron chi connectivity index (χ1n) is 5.30. The highest BCUT2D eigenvalue weighted by molar-refractivity contribution is 6.30. The topological polar surface area (TPSA) is 21.3 Å². The highest BCUT2D eigenvalue weighted by Gasteiger charge is 1.95. The zero-order valence-electron chi connectivity index (χ0n) is 9.29. The molecular weight excluding hydrogens is 210 g/mol. The maximum absolute atomic E-state index is 5.76. The lowest BCUT2D eigenvalue weighted by Crippen LogP contribution is -2.24. The van der Waals surface area contributed by atoms with E-state index in [2.05, 4.69) is 19.2 Å². The number of halogens is 1. The van der Waals surface area contributed by atoms with E-state index in [0.29, 0.717) is 6.04 Å². The number of hydrogen-bond acceptors (Lipinski definition) is 2. The van der Waals surface area contributed by atoms with Crippen LogP contribution in [-0.2, 0) is 0 Å². The maximum Gasteiger partial charge on any atom is 0.119 e. The van der Waals surface area contributed by atoms with Gasteiger partial charge in [0.15, 0.2) is 0 Å². The van der Waals surface area contributed by atoms with Crippen molar-refractivity contribution in [1.82, 2.24) is 5.32 Å². The Morgan fingerprint density at radius 2 is 1.93 bits per heavy atom. The molecule has 0 bridgehead atoms. The molecule has 15 heavy (non-hydrogen) atoms. The SMILES string of the molecule is CC(C)NCCCOc1ccc(Cl)cc1. The van der Waals surface area contributed by atoms with Crippen LogP contribution in [0.5, 0.6) is 5.75 Å². The first kappa shape index (κ1) is 12.3. The Hall–Kier alpha value is -0.730. The molecule has 0 unspecified atom stereocenters. The summed E-state index contributed by atoms with van der Waals surface area (Å²) in [6, 6.07) is 7.99. The molecule has 0 atom stereocenters. The van der Waals surface area contributed by atoms with Gasteiger partial charge in [-0.15, -0.1) is 0 Å². The summed E-state index contributed by atoms with van der Waals surface area (Å²) >= 11 is 5.76. The molecule has 0 fully saturated rings. The van der Waals surface area contributed by atoms with Crippen LogP contribution in [0.3, 0.4) is 0 Å². The lowest BCUT2D eigenvalue weighted by atomic mass is 10.3. The van der Waals surface area contributed by atoms with Gasteiger partial charge in [-0.2, -0.15) is 0 Å². The Labute approximate surface area is 96.6 Å². The molecule has 0 aromatic heterocycles. The second-order valence-corrected chi connectivity index (χ2v) is 4.20. The number of hydrogen-bond donors (Lipinski definition) is 1. The molecule has 3 heteroatoms. The predicted molar refractivity (Wildman–Crippen MR) is 64.7 cm³/mol. The third-order valence-corrected chi connectivity index (χ3v) is 2.21. The molecule has 1 N–H and O–H groups in total. The van der Waals surface area contributed by atoms with Gasteiger partial charge in [-0.3, -0.25) is 0 Å². The molecule has 0 aliphatic carbocycles. The second kappa shape index (κ2) is 6.70. The molecule has 1 rings (SSSR count). The Balaban J connectivity index is 2.12. The summed E-state index contributed by atoms with van der Waals surface area (Å²) in [7, 11) is 0. The average molecular weight is 228 g/mol. The number of rotatable bonds is 6. The molecule has 0 aliphatic heterocycles. The molecular formula is C12H18ClNO. The predicted octanol–water partition coefficient (Wildman–Crippen LogP) is 3.11. The minimum absolute atomic E-state index is 0.542. The first-order chi connectivity index (χ1) is 7.18. The normalized spacial score (nSPS) is 10.7. The van der Waals surface area contributed by atoms with E-state index >= 15 is 0 Å². The van der Waals surface area contributed by atoms with Crippen LogP contribution in [-0.4, -0.2) is 19.2 Å². The molecule has 0 saturated carbocycles. The van der Waals surface area contributed by atoms with Crippen LogP contribution in [0.1, 0.15) is 20.3 Å². The number of nitrogens with one attached hydrogen (secondary N) is 1. The van der Waals surface area contributed by atoms with E-state index in [-0.39, 0.29) is 0 Å². The summed E-state index contributed by atoms with van der Waals surface area (Å²) in [5.41, 5.74) is 0. The highest BCUT2D eigenvalue weighted by Crippen LogP contribution is 2.15. The number of ether oxygens (including phenoxy) is 1. The maximum atomic E-state index is 5.76. The van der Waals surface area contributed by atoms with Crippen molar-refractivity contribution in [2.24, 2.45) is 0 Å². The minimum atomic E-state index is 0.542. The fraction of sp³-hybridized carbons (Fsp3) is 0.500. The van der Waals surface area contributed by atoms with E-state index in [9.17, 15) is 0 Å². The summed E-state index contributed by atoms with van der Waals surface area (Å²) in [5, 5.41) is 4.08. The monoisotopic (exact) mass is 227 g/mol. The Kier molecular flexibility index (Phi) is 5.51. The van der Waals surface area contributed by atoms with Gasteiger partial charge in [-0.1, -0.05) is 25.4 Å². The van der Waals surface area contributed by atoms with Crippen LogP contribution in [0, 0.1) is 0 Å². The summed E-state index contributed by atoms with van der Waals surface area (Å²) in [5.74, 6) is 0.879. The van der Waals surface area contributed by atoms with Gasteiger partial charge in [0, 0.05) is 11.1 Å². The van der Waals surface area contributed by atoms with Crippen LogP contribution in [0.2, 0.25) is 5.02 Å². The lowest BCUT2D eigenvalue weighted by Gasteiger charge is -2.09. The Bertz CT molecular complexity index is 271. The molecule has 0 spiro atoms. The lowest BCUT2D eigenvalue weighted by molar-refractivity contribution is 0.306. The van der Waals surface area contributed by atoms with Crippen LogP contribution < -0.4 is 10.1 Å². The van der Waals surface area contributed by atoms with Crippen molar-refractivity contribution >= 4 is 11.6 Å². The van der Waals surface area contributed by atoms with Gasteiger partial charge >= 0.3 is 0 Å². The van der Waals surface area contributed by atoms with Gasteiger partial charge in [0.25, 0.3) is 0 Å². The van der Waals surface area contributed by atoms with Crippen LogP contribution in [0.25, 0.3) is 0 Å². The van der Waals surface area contributed by atoms with Crippen molar-refractivity contribution in [3.63, 3.8) is 0 Å². The van der Waals surface area contributed by atoms with Crippen molar-refractivity contribution in [2.45, 2.75) is 26.3 Å². The zero-order chi connectivity index (χ0) is 11.1. The smallest absolute Gasteiger partial charge is 0.119 e. The molecule has 1 aromatic carbocycles. The average Bonchev–Trinajstić information content (AvgIpc) is 2.20. The van der Waals surface area contributed by atoms with Crippen LogP contribution in [0.4, 0.5) is 0 Å². The summed E-state index contributed by atoms with van der Waals surface area (Å²) < 4.78 is 5.54. The van der Waals surface area contributed by atoms with E-state index in [1.165, 1.54) is 0 Å². The quantitative estimate of drug-likeness (QED) is 0.755. The summed E-state index contributed by atoms with van der Waals surface area (Å²) in [6.45, 7) is 6.01. The molecule has 1 aromatic rings. The molecule has 2 nitrogen and oxygen atoms in total. The fourth-order valence-corrected chi connectivity index (χ4v) is 1.31.